The molecule has 0 fully saturated rings. The minimum absolute atomic E-state index is 0.0935. The zero-order valence-electron chi connectivity index (χ0n) is 21.6. The summed E-state index contributed by atoms with van der Waals surface area (Å²) in [4.78, 5) is 42.7. The van der Waals surface area contributed by atoms with Crippen LogP contribution in [0.2, 0.25) is 0 Å². The molecule has 0 radical (unpaired) electrons. The average molecular weight is 536 g/mol. The van der Waals surface area contributed by atoms with E-state index in [9.17, 15) is 19.7 Å². The smallest absolute Gasteiger partial charge is 0.338 e. The van der Waals surface area contributed by atoms with Gasteiger partial charge in [0.05, 0.1) is 28.5 Å². The van der Waals surface area contributed by atoms with Gasteiger partial charge < -0.3 is 19.3 Å². The van der Waals surface area contributed by atoms with Crippen molar-refractivity contribution < 1.29 is 24.0 Å². The Morgan fingerprint density at radius 1 is 1.11 bits per heavy atom. The Kier molecular flexibility index (Phi) is 8.33. The van der Waals surface area contributed by atoms with Gasteiger partial charge in [-0.05, 0) is 63.0 Å². The van der Waals surface area contributed by atoms with Crippen LogP contribution in [-0.4, -0.2) is 62.1 Å². The maximum absolute atomic E-state index is 14.1. The number of esters is 1. The standard InChI is InChI=1S/C28H29N3O6S/c1-18-17-20(11-14-22(18)31(34)35)28(33)37-25-26(19-9-12-21(36-4)13-10-19)38-24-8-6-5-7-23(24)30(27(25)32)16-15-29(2)3/h5-14,17,25-26H,15-16H2,1-4H3/t25-,26+/m0/s1. The summed E-state index contributed by atoms with van der Waals surface area (Å²) in [5, 5.41) is 10.7. The molecule has 0 saturated heterocycles. The van der Waals surface area contributed by atoms with E-state index in [4.69, 9.17) is 9.47 Å². The molecule has 3 aromatic carbocycles. The van der Waals surface area contributed by atoms with E-state index < -0.39 is 22.2 Å². The van der Waals surface area contributed by atoms with Gasteiger partial charge >= 0.3 is 5.97 Å². The predicted octanol–water partition coefficient (Wildman–Crippen LogP) is 4.88. The number of nitrogens with zero attached hydrogens (tertiary/aromatic N) is 3. The van der Waals surface area contributed by atoms with Crippen molar-refractivity contribution in [1.29, 1.82) is 0 Å². The van der Waals surface area contributed by atoms with Gasteiger partial charge in [-0.15, -0.1) is 11.8 Å². The van der Waals surface area contributed by atoms with E-state index in [1.807, 2.05) is 55.4 Å². The Morgan fingerprint density at radius 3 is 2.45 bits per heavy atom. The van der Waals surface area contributed by atoms with Gasteiger partial charge in [0.15, 0.2) is 6.10 Å². The lowest BCUT2D eigenvalue weighted by molar-refractivity contribution is -0.385. The van der Waals surface area contributed by atoms with Gasteiger partial charge in [-0.2, -0.15) is 0 Å². The molecule has 3 aromatic rings. The number of para-hydroxylation sites is 1. The van der Waals surface area contributed by atoms with Gasteiger partial charge in [-0.25, -0.2) is 4.79 Å². The van der Waals surface area contributed by atoms with E-state index in [-0.39, 0.29) is 17.2 Å². The van der Waals surface area contributed by atoms with Crippen molar-refractivity contribution in [2.24, 2.45) is 0 Å². The molecule has 1 aliphatic rings. The van der Waals surface area contributed by atoms with E-state index >= 15 is 0 Å². The molecule has 1 heterocycles. The summed E-state index contributed by atoms with van der Waals surface area (Å²) in [7, 11) is 5.43. The van der Waals surface area contributed by atoms with Crippen LogP contribution in [0.5, 0.6) is 5.75 Å². The number of carbonyl (C=O) groups is 2. The number of fused-ring (bicyclic) bond motifs is 1. The third-order valence-corrected chi connectivity index (χ3v) is 7.65. The quantitative estimate of drug-likeness (QED) is 0.229. The van der Waals surface area contributed by atoms with Crippen LogP contribution in [0.1, 0.15) is 26.7 Å². The normalized spacial score (nSPS) is 17.1. The van der Waals surface area contributed by atoms with Gasteiger partial charge in [0.1, 0.15) is 5.75 Å². The highest BCUT2D eigenvalue weighted by atomic mass is 32.2. The number of anilines is 1. The maximum Gasteiger partial charge on any atom is 0.338 e. The van der Waals surface area contributed by atoms with E-state index in [0.29, 0.717) is 24.4 Å². The van der Waals surface area contributed by atoms with Crippen LogP contribution < -0.4 is 9.64 Å². The molecule has 0 aromatic heterocycles. The number of amides is 1. The minimum atomic E-state index is -1.15. The number of benzene rings is 3. The van der Waals surface area contributed by atoms with Crippen molar-refractivity contribution in [1.82, 2.24) is 4.90 Å². The third kappa shape index (κ3) is 5.81. The maximum atomic E-state index is 14.1. The van der Waals surface area contributed by atoms with Crippen molar-refractivity contribution in [3.8, 4) is 5.75 Å². The lowest BCUT2D eigenvalue weighted by Crippen LogP contribution is -2.45. The summed E-state index contributed by atoms with van der Waals surface area (Å²) in [6.45, 7) is 2.57. The first kappa shape index (κ1) is 27.2. The van der Waals surface area contributed by atoms with Gasteiger partial charge in [0, 0.05) is 29.6 Å². The first-order valence-corrected chi connectivity index (χ1v) is 12.9. The number of nitro groups is 1. The van der Waals surface area contributed by atoms with Gasteiger partial charge in [0.25, 0.3) is 11.6 Å². The number of carbonyl (C=O) groups excluding carboxylic acids is 2. The Hall–Kier alpha value is -3.89. The summed E-state index contributed by atoms with van der Waals surface area (Å²) in [6, 6.07) is 19.0. The number of hydrogen-bond acceptors (Lipinski definition) is 8. The predicted molar refractivity (Wildman–Crippen MR) is 146 cm³/mol. The number of methoxy groups -OCH3 is 1. The topological polar surface area (TPSA) is 102 Å². The molecule has 4 rings (SSSR count). The van der Waals surface area contributed by atoms with E-state index in [0.717, 1.165) is 16.1 Å². The zero-order valence-corrected chi connectivity index (χ0v) is 22.4. The van der Waals surface area contributed by atoms with Crippen LogP contribution in [0.3, 0.4) is 0 Å². The summed E-state index contributed by atoms with van der Waals surface area (Å²) in [6.07, 6.45) is -1.15. The molecule has 0 N–H and O–H groups in total. The van der Waals surface area contributed by atoms with Crippen molar-refractivity contribution in [3.05, 3.63) is 93.5 Å². The highest BCUT2D eigenvalue weighted by Gasteiger charge is 2.41. The highest BCUT2D eigenvalue weighted by molar-refractivity contribution is 7.99. The minimum Gasteiger partial charge on any atom is -0.497 e. The average Bonchev–Trinajstić information content (AvgIpc) is 3.01. The largest absolute Gasteiger partial charge is 0.497 e. The molecule has 0 saturated carbocycles. The lowest BCUT2D eigenvalue weighted by Gasteiger charge is -2.28. The molecule has 0 aliphatic carbocycles. The molecule has 1 amide bonds. The second kappa shape index (κ2) is 11.7. The number of rotatable bonds is 8. The SMILES string of the molecule is COc1ccc([C@H]2Sc3ccccc3N(CCN(C)C)C(=O)[C@H]2OC(=O)c2ccc([N+](=O)[O-])c(C)c2)cc1. The molecular formula is C28H29N3O6S. The van der Waals surface area contributed by atoms with Crippen LogP contribution in [0.15, 0.2) is 71.6 Å². The Bertz CT molecular complexity index is 1340. The first-order chi connectivity index (χ1) is 18.2. The molecule has 9 nitrogen and oxygen atoms in total. The van der Waals surface area contributed by atoms with Crippen molar-refractivity contribution in [2.45, 2.75) is 23.2 Å². The number of hydrogen-bond donors (Lipinski definition) is 0. The van der Waals surface area contributed by atoms with Crippen molar-refractivity contribution in [2.75, 3.05) is 39.2 Å². The fourth-order valence-corrected chi connectivity index (χ4v) is 5.55. The summed E-state index contributed by atoms with van der Waals surface area (Å²) >= 11 is 1.46. The number of thioether (sulfide) groups is 1. The van der Waals surface area contributed by atoms with Crippen molar-refractivity contribution >= 4 is 35.0 Å². The number of likely N-dealkylation sites (N-methyl/N-ethyl adjacent to an activating group) is 1. The molecule has 10 heteroatoms. The molecule has 2 atom stereocenters. The van der Waals surface area contributed by atoms with E-state index in [2.05, 4.69) is 0 Å². The van der Waals surface area contributed by atoms with Gasteiger partial charge in [0.2, 0.25) is 0 Å². The van der Waals surface area contributed by atoms with Crippen molar-refractivity contribution in [3.63, 3.8) is 0 Å². The monoisotopic (exact) mass is 535 g/mol. The molecular weight excluding hydrogens is 506 g/mol. The van der Waals surface area contributed by atoms with Crippen LogP contribution in [0, 0.1) is 17.0 Å². The Balaban J connectivity index is 1.76. The van der Waals surface area contributed by atoms with Crippen LogP contribution >= 0.6 is 11.8 Å². The fraction of sp³-hybridized carbons (Fsp3) is 0.286. The third-order valence-electron chi connectivity index (χ3n) is 6.27. The van der Waals surface area contributed by atoms with Gasteiger partial charge in [-0.1, -0.05) is 24.3 Å². The van der Waals surface area contributed by atoms with E-state index in [1.165, 1.54) is 30.0 Å². The summed E-state index contributed by atoms with van der Waals surface area (Å²) in [5.74, 6) is -0.391. The van der Waals surface area contributed by atoms with E-state index in [1.54, 1.807) is 31.1 Å². The number of aryl methyl sites for hydroxylation is 1. The highest BCUT2D eigenvalue weighted by Crippen LogP contribution is 2.47. The Morgan fingerprint density at radius 2 is 1.82 bits per heavy atom. The molecule has 0 bridgehead atoms. The fourth-order valence-electron chi connectivity index (χ4n) is 4.23. The van der Waals surface area contributed by atoms with Gasteiger partial charge in [-0.3, -0.25) is 14.9 Å². The second-order valence-corrected chi connectivity index (χ2v) is 10.3. The van der Waals surface area contributed by atoms with Crippen LogP contribution in [0.25, 0.3) is 0 Å². The lowest BCUT2D eigenvalue weighted by atomic mass is 10.0. The number of nitro benzene ring substituents is 1. The molecule has 38 heavy (non-hydrogen) atoms. The second-order valence-electron chi connectivity index (χ2n) is 9.16. The molecule has 1 aliphatic heterocycles. The van der Waals surface area contributed by atoms with Crippen LogP contribution in [0.4, 0.5) is 11.4 Å². The first-order valence-electron chi connectivity index (χ1n) is 12.0. The van der Waals surface area contributed by atoms with Crippen LogP contribution in [-0.2, 0) is 9.53 Å². The zero-order chi connectivity index (χ0) is 27.4. The Labute approximate surface area is 225 Å². The summed E-state index contributed by atoms with van der Waals surface area (Å²) in [5.41, 5.74) is 1.93. The summed E-state index contributed by atoms with van der Waals surface area (Å²) < 4.78 is 11.2. The number of ether oxygens (including phenoxy) is 2. The molecule has 198 valence electrons. The molecule has 0 spiro atoms. The molecule has 0 unspecified atom stereocenters.